The molecular weight excluding hydrogens is 420 g/mol. The Labute approximate surface area is 193 Å². The molecule has 0 bridgehead atoms. The number of anilines is 1. The van der Waals surface area contributed by atoms with Gasteiger partial charge in [0.1, 0.15) is 17.6 Å². The van der Waals surface area contributed by atoms with E-state index in [4.69, 9.17) is 17.0 Å². The number of hydrazone groups is 1. The molecule has 2 heterocycles. The molecule has 7 heteroatoms. The molecule has 0 amide bonds. The molecule has 1 aliphatic heterocycles. The van der Waals surface area contributed by atoms with Crippen LogP contribution in [0.1, 0.15) is 41.5 Å². The number of hydrogen-bond donors (Lipinski definition) is 3. The quantitative estimate of drug-likeness (QED) is 0.385. The maximum Gasteiger partial charge on any atom is 0.191 e. The van der Waals surface area contributed by atoms with Crippen molar-refractivity contribution in [1.29, 1.82) is 0 Å². The summed E-state index contributed by atoms with van der Waals surface area (Å²) in [5.74, 6) is 0.953. The number of hydrogen-bond acceptors (Lipinski definition) is 5. The second kappa shape index (κ2) is 9.36. The summed E-state index contributed by atoms with van der Waals surface area (Å²) >= 11 is 5.49. The molecule has 0 saturated heterocycles. The molecule has 164 valence electrons. The number of nitrogens with one attached hydrogen (secondary N) is 2. The standard InChI is InChI=1S/C25H26N4O2S/c1-15-6-4-7-16(2)24(15)27-25(32)29-28-21-13-23(17(3)18-8-5-11-26-14-18)31-22-10-9-19(30)12-20(21)22/h4-12,14,17,23,30H,13H2,1-3H3,(H2,27,29,32)/b28-21-/t17-,23-/m0/s1. The topological polar surface area (TPSA) is 78.8 Å². The van der Waals surface area contributed by atoms with Crippen molar-refractivity contribution in [2.24, 2.45) is 5.10 Å². The zero-order valence-electron chi connectivity index (χ0n) is 18.3. The van der Waals surface area contributed by atoms with Crippen LogP contribution in [0.15, 0.2) is 66.0 Å². The van der Waals surface area contributed by atoms with Crippen LogP contribution >= 0.6 is 12.2 Å². The third-order valence-electron chi connectivity index (χ3n) is 5.73. The number of pyridine rings is 1. The highest BCUT2D eigenvalue weighted by Crippen LogP contribution is 2.35. The Balaban J connectivity index is 1.57. The highest BCUT2D eigenvalue weighted by molar-refractivity contribution is 7.80. The van der Waals surface area contributed by atoms with Crippen molar-refractivity contribution >= 4 is 28.7 Å². The molecule has 0 spiro atoms. The number of fused-ring (bicyclic) bond motifs is 1. The molecule has 0 saturated carbocycles. The fourth-order valence-electron chi connectivity index (χ4n) is 3.87. The van der Waals surface area contributed by atoms with Crippen molar-refractivity contribution in [2.75, 3.05) is 5.32 Å². The van der Waals surface area contributed by atoms with Gasteiger partial charge in [0.2, 0.25) is 0 Å². The fraction of sp³-hybridized carbons (Fsp3) is 0.240. The van der Waals surface area contributed by atoms with E-state index < -0.39 is 0 Å². The summed E-state index contributed by atoms with van der Waals surface area (Å²) in [5.41, 5.74) is 8.77. The molecule has 1 aliphatic rings. The highest BCUT2D eigenvalue weighted by Gasteiger charge is 2.30. The second-order valence-electron chi connectivity index (χ2n) is 8.01. The van der Waals surface area contributed by atoms with Crippen LogP contribution in [0.4, 0.5) is 5.69 Å². The molecular formula is C25H26N4O2S. The monoisotopic (exact) mass is 446 g/mol. The number of aryl methyl sites for hydroxylation is 2. The summed E-state index contributed by atoms with van der Waals surface area (Å²) in [7, 11) is 0. The van der Waals surface area contributed by atoms with Crippen LogP contribution in [0.25, 0.3) is 0 Å². The van der Waals surface area contributed by atoms with E-state index in [0.29, 0.717) is 17.3 Å². The number of aromatic nitrogens is 1. The molecule has 2 atom stereocenters. The van der Waals surface area contributed by atoms with Crippen molar-refractivity contribution in [1.82, 2.24) is 10.4 Å². The first-order valence-electron chi connectivity index (χ1n) is 10.5. The molecule has 2 aromatic carbocycles. The van der Waals surface area contributed by atoms with Gasteiger partial charge in [-0.15, -0.1) is 0 Å². The average molecular weight is 447 g/mol. The Bertz CT molecular complexity index is 1140. The maximum absolute atomic E-state index is 10.0. The van der Waals surface area contributed by atoms with Gasteiger partial charge in [-0.2, -0.15) is 5.10 Å². The molecule has 3 N–H and O–H groups in total. The third-order valence-corrected chi connectivity index (χ3v) is 5.92. The summed E-state index contributed by atoms with van der Waals surface area (Å²) in [5, 5.41) is 18.3. The lowest BCUT2D eigenvalue weighted by molar-refractivity contribution is 0.176. The van der Waals surface area contributed by atoms with Gasteiger partial charge in [-0.25, -0.2) is 0 Å². The number of thiocarbonyl (C=S) groups is 1. The summed E-state index contributed by atoms with van der Waals surface area (Å²) in [4.78, 5) is 4.23. The van der Waals surface area contributed by atoms with Crippen LogP contribution in [0.5, 0.6) is 11.5 Å². The molecule has 3 aromatic rings. The van der Waals surface area contributed by atoms with Crippen LogP contribution in [-0.4, -0.2) is 27.0 Å². The molecule has 0 fully saturated rings. The van der Waals surface area contributed by atoms with Gasteiger partial charge in [0.15, 0.2) is 5.11 Å². The molecule has 6 nitrogen and oxygen atoms in total. The van der Waals surface area contributed by atoms with Gasteiger partial charge >= 0.3 is 0 Å². The Morgan fingerprint density at radius 1 is 1.19 bits per heavy atom. The van der Waals surface area contributed by atoms with E-state index in [9.17, 15) is 5.11 Å². The Morgan fingerprint density at radius 3 is 2.69 bits per heavy atom. The zero-order chi connectivity index (χ0) is 22.7. The SMILES string of the molecule is Cc1cccc(C)c1NC(=S)N/N=C1/C[C@@H]([C@@H](C)c2cccnc2)Oc2ccc(O)cc21. The van der Waals surface area contributed by atoms with E-state index in [1.165, 1.54) is 0 Å². The lowest BCUT2D eigenvalue weighted by Crippen LogP contribution is -2.34. The van der Waals surface area contributed by atoms with Gasteiger partial charge in [0, 0.05) is 36.0 Å². The van der Waals surface area contributed by atoms with Crippen molar-refractivity contribution in [3.63, 3.8) is 0 Å². The van der Waals surface area contributed by atoms with Crippen LogP contribution in [0, 0.1) is 13.8 Å². The van der Waals surface area contributed by atoms with Gasteiger partial charge < -0.3 is 15.2 Å². The number of ether oxygens (including phenoxy) is 1. The number of aromatic hydroxyl groups is 1. The van der Waals surface area contributed by atoms with E-state index in [0.717, 1.165) is 33.7 Å². The zero-order valence-corrected chi connectivity index (χ0v) is 19.1. The largest absolute Gasteiger partial charge is 0.508 e. The van der Waals surface area contributed by atoms with E-state index in [2.05, 4.69) is 27.8 Å². The van der Waals surface area contributed by atoms with Crippen LogP contribution in [0.3, 0.4) is 0 Å². The lowest BCUT2D eigenvalue weighted by Gasteiger charge is -2.31. The Kier molecular flexibility index (Phi) is 6.37. The van der Waals surface area contributed by atoms with Crippen LogP contribution in [-0.2, 0) is 0 Å². The summed E-state index contributed by atoms with van der Waals surface area (Å²) < 4.78 is 6.27. The molecule has 0 aliphatic carbocycles. The number of rotatable bonds is 4. The molecule has 4 rings (SSSR count). The lowest BCUT2D eigenvalue weighted by atomic mass is 9.89. The van der Waals surface area contributed by atoms with E-state index >= 15 is 0 Å². The first-order chi connectivity index (χ1) is 15.4. The predicted molar refractivity (Wildman–Crippen MR) is 132 cm³/mol. The van der Waals surface area contributed by atoms with Gasteiger partial charge in [0.05, 0.1) is 5.71 Å². The van der Waals surface area contributed by atoms with E-state index in [1.807, 2.05) is 50.4 Å². The maximum atomic E-state index is 10.0. The predicted octanol–water partition coefficient (Wildman–Crippen LogP) is 5.05. The highest BCUT2D eigenvalue weighted by atomic mass is 32.1. The molecule has 0 unspecified atom stereocenters. The number of benzene rings is 2. The van der Waals surface area contributed by atoms with Crippen LogP contribution < -0.4 is 15.5 Å². The molecule has 32 heavy (non-hydrogen) atoms. The summed E-state index contributed by atoms with van der Waals surface area (Å²) in [6.45, 7) is 6.18. The second-order valence-corrected chi connectivity index (χ2v) is 8.42. The number of phenols is 1. The molecule has 1 aromatic heterocycles. The minimum absolute atomic E-state index is 0.107. The number of para-hydroxylation sites is 1. The summed E-state index contributed by atoms with van der Waals surface area (Å²) in [6, 6.07) is 15.1. The molecule has 0 radical (unpaired) electrons. The normalized spacial score (nSPS) is 17.2. The van der Waals surface area contributed by atoms with E-state index in [-0.39, 0.29) is 17.8 Å². The number of phenolic OH excluding ortho intramolecular Hbond substituents is 1. The van der Waals surface area contributed by atoms with Crippen molar-refractivity contribution in [3.8, 4) is 11.5 Å². The Morgan fingerprint density at radius 2 is 1.97 bits per heavy atom. The fourth-order valence-corrected chi connectivity index (χ4v) is 4.02. The van der Waals surface area contributed by atoms with Crippen molar-refractivity contribution in [2.45, 2.75) is 39.2 Å². The van der Waals surface area contributed by atoms with Crippen molar-refractivity contribution < 1.29 is 9.84 Å². The van der Waals surface area contributed by atoms with Gasteiger partial charge in [-0.3, -0.25) is 10.4 Å². The average Bonchev–Trinajstić information content (AvgIpc) is 2.80. The first-order valence-corrected chi connectivity index (χ1v) is 10.9. The summed E-state index contributed by atoms with van der Waals surface area (Å²) in [6.07, 6.45) is 4.05. The minimum Gasteiger partial charge on any atom is -0.508 e. The third kappa shape index (κ3) is 4.73. The Hall–Kier alpha value is -3.45. The first kappa shape index (κ1) is 21.8. The smallest absolute Gasteiger partial charge is 0.191 e. The van der Waals surface area contributed by atoms with Crippen LogP contribution in [0.2, 0.25) is 0 Å². The number of nitrogens with zero attached hydrogens (tertiary/aromatic N) is 2. The van der Waals surface area contributed by atoms with Gasteiger partial charge in [0.25, 0.3) is 0 Å². The van der Waals surface area contributed by atoms with Gasteiger partial charge in [-0.05, 0) is 67.0 Å². The van der Waals surface area contributed by atoms with Crippen molar-refractivity contribution in [3.05, 3.63) is 83.2 Å². The minimum atomic E-state index is -0.128. The van der Waals surface area contributed by atoms with E-state index in [1.54, 1.807) is 24.4 Å². The van der Waals surface area contributed by atoms with Gasteiger partial charge in [-0.1, -0.05) is 31.2 Å².